The van der Waals surface area contributed by atoms with E-state index < -0.39 is 6.10 Å². The molecule has 50 heavy (non-hydrogen) atoms. The van der Waals surface area contributed by atoms with Gasteiger partial charge in [-0.3, -0.25) is 14.4 Å². The largest absolute Gasteiger partial charge is 0.462 e. The van der Waals surface area contributed by atoms with Crippen LogP contribution in [0.15, 0.2) is 0 Å². The van der Waals surface area contributed by atoms with E-state index in [0.717, 1.165) is 57.8 Å². The number of carbonyl (C=O) groups is 3. The summed E-state index contributed by atoms with van der Waals surface area (Å²) >= 11 is 0. The Balaban J connectivity index is 4.27. The Morgan fingerprint density at radius 3 is 0.800 bits per heavy atom. The van der Waals surface area contributed by atoms with Crippen LogP contribution in [0, 0.1) is 0 Å². The summed E-state index contributed by atoms with van der Waals surface area (Å²) in [6.07, 6.45) is 39.5. The van der Waals surface area contributed by atoms with Crippen molar-refractivity contribution in [2.75, 3.05) is 13.2 Å². The second kappa shape index (κ2) is 40.2. The molecule has 6 heteroatoms. The lowest BCUT2D eigenvalue weighted by Gasteiger charge is -2.18. The Kier molecular flexibility index (Phi) is 38.9. The standard InChI is InChI=1S/C44H84O6/c1-4-7-10-13-16-18-20-21-22-24-26-29-32-35-38-44(47)50-41(39-48-42(45)36-33-30-27-15-12-9-6-3)40-49-43(46)37-34-31-28-25-23-19-17-14-11-8-5-2/h41H,4-40H2,1-3H3/t41-/m0/s1. The van der Waals surface area contributed by atoms with Crippen LogP contribution >= 0.6 is 0 Å². The van der Waals surface area contributed by atoms with Gasteiger partial charge in [0.05, 0.1) is 0 Å². The van der Waals surface area contributed by atoms with Gasteiger partial charge in [0.15, 0.2) is 6.10 Å². The van der Waals surface area contributed by atoms with Crippen molar-refractivity contribution in [1.29, 1.82) is 0 Å². The normalized spacial score (nSPS) is 11.8. The summed E-state index contributed by atoms with van der Waals surface area (Å²) in [5.74, 6) is -0.860. The number of esters is 3. The zero-order valence-corrected chi connectivity index (χ0v) is 33.7. The number of ether oxygens (including phenoxy) is 3. The molecule has 0 radical (unpaired) electrons. The molecule has 0 aromatic carbocycles. The first-order valence-electron chi connectivity index (χ1n) is 22.0. The third-order valence-corrected chi connectivity index (χ3v) is 9.86. The Labute approximate surface area is 310 Å². The van der Waals surface area contributed by atoms with Crippen molar-refractivity contribution in [1.82, 2.24) is 0 Å². The van der Waals surface area contributed by atoms with Crippen molar-refractivity contribution in [3.63, 3.8) is 0 Å². The van der Waals surface area contributed by atoms with Crippen LogP contribution in [0.4, 0.5) is 0 Å². The molecule has 0 fully saturated rings. The van der Waals surface area contributed by atoms with Crippen LogP contribution in [0.2, 0.25) is 0 Å². The van der Waals surface area contributed by atoms with E-state index in [1.165, 1.54) is 148 Å². The van der Waals surface area contributed by atoms with Crippen LogP contribution in [-0.2, 0) is 28.6 Å². The molecule has 0 aliphatic heterocycles. The van der Waals surface area contributed by atoms with Gasteiger partial charge in [-0.15, -0.1) is 0 Å². The number of unbranched alkanes of at least 4 members (excludes halogenated alkanes) is 29. The second-order valence-electron chi connectivity index (χ2n) is 15.0. The fourth-order valence-electron chi connectivity index (χ4n) is 6.50. The molecular formula is C44H84O6. The first kappa shape index (κ1) is 48.4. The van der Waals surface area contributed by atoms with Crippen LogP contribution in [0.3, 0.4) is 0 Å². The molecule has 0 amide bonds. The average Bonchev–Trinajstić information content (AvgIpc) is 3.11. The van der Waals surface area contributed by atoms with Gasteiger partial charge in [0, 0.05) is 19.3 Å². The highest BCUT2D eigenvalue weighted by molar-refractivity contribution is 5.71. The third-order valence-electron chi connectivity index (χ3n) is 9.86. The number of hydrogen-bond donors (Lipinski definition) is 0. The van der Waals surface area contributed by atoms with Gasteiger partial charge in [-0.25, -0.2) is 0 Å². The minimum absolute atomic E-state index is 0.0634. The summed E-state index contributed by atoms with van der Waals surface area (Å²) in [5, 5.41) is 0. The predicted molar refractivity (Wildman–Crippen MR) is 210 cm³/mol. The Morgan fingerprint density at radius 1 is 0.320 bits per heavy atom. The summed E-state index contributed by atoms with van der Waals surface area (Å²) in [6.45, 7) is 6.60. The maximum Gasteiger partial charge on any atom is 0.306 e. The van der Waals surface area contributed by atoms with Gasteiger partial charge >= 0.3 is 17.9 Å². The maximum atomic E-state index is 12.7. The molecular weight excluding hydrogens is 624 g/mol. The van der Waals surface area contributed by atoms with Gasteiger partial charge < -0.3 is 14.2 Å². The maximum absolute atomic E-state index is 12.7. The highest BCUT2D eigenvalue weighted by Gasteiger charge is 2.19. The molecule has 0 saturated heterocycles. The van der Waals surface area contributed by atoms with Crippen LogP contribution < -0.4 is 0 Å². The monoisotopic (exact) mass is 709 g/mol. The molecule has 1 atom stereocenters. The molecule has 0 N–H and O–H groups in total. The smallest absolute Gasteiger partial charge is 0.306 e. The number of rotatable bonds is 40. The van der Waals surface area contributed by atoms with Crippen molar-refractivity contribution in [3.8, 4) is 0 Å². The van der Waals surface area contributed by atoms with E-state index in [9.17, 15) is 14.4 Å². The summed E-state index contributed by atoms with van der Waals surface area (Å²) in [4.78, 5) is 37.5. The van der Waals surface area contributed by atoms with E-state index in [1.54, 1.807) is 0 Å². The second-order valence-corrected chi connectivity index (χ2v) is 15.0. The molecule has 0 aliphatic rings. The fourth-order valence-corrected chi connectivity index (χ4v) is 6.50. The molecule has 0 saturated carbocycles. The lowest BCUT2D eigenvalue weighted by Crippen LogP contribution is -2.30. The fraction of sp³-hybridized carbons (Fsp3) is 0.932. The minimum Gasteiger partial charge on any atom is -0.462 e. The number of carbonyl (C=O) groups excluding carboxylic acids is 3. The zero-order valence-electron chi connectivity index (χ0n) is 33.7. The Morgan fingerprint density at radius 2 is 0.540 bits per heavy atom. The average molecular weight is 709 g/mol. The van der Waals surface area contributed by atoms with Gasteiger partial charge in [0.2, 0.25) is 0 Å². The van der Waals surface area contributed by atoms with Gasteiger partial charge in [-0.2, -0.15) is 0 Å². The molecule has 0 unspecified atom stereocenters. The molecule has 6 nitrogen and oxygen atoms in total. The Hall–Kier alpha value is -1.59. The van der Waals surface area contributed by atoms with Crippen LogP contribution in [0.1, 0.15) is 245 Å². The molecule has 0 heterocycles. The lowest BCUT2D eigenvalue weighted by atomic mass is 10.0. The highest BCUT2D eigenvalue weighted by Crippen LogP contribution is 2.15. The molecule has 0 aromatic heterocycles. The van der Waals surface area contributed by atoms with Gasteiger partial charge in [0.1, 0.15) is 13.2 Å². The van der Waals surface area contributed by atoms with Crippen molar-refractivity contribution in [2.45, 2.75) is 252 Å². The first-order valence-corrected chi connectivity index (χ1v) is 22.0. The van der Waals surface area contributed by atoms with E-state index in [-0.39, 0.29) is 31.1 Å². The van der Waals surface area contributed by atoms with Crippen molar-refractivity contribution < 1.29 is 28.6 Å². The highest BCUT2D eigenvalue weighted by atomic mass is 16.6. The molecule has 0 spiro atoms. The predicted octanol–water partition coefficient (Wildman–Crippen LogP) is 13.7. The topological polar surface area (TPSA) is 78.9 Å². The van der Waals surface area contributed by atoms with E-state index in [1.807, 2.05) is 0 Å². The third kappa shape index (κ3) is 37.7. The zero-order chi connectivity index (χ0) is 36.6. The van der Waals surface area contributed by atoms with E-state index in [4.69, 9.17) is 14.2 Å². The minimum atomic E-state index is -0.756. The molecule has 0 aromatic rings. The Bertz CT molecular complexity index is 738. The summed E-state index contributed by atoms with van der Waals surface area (Å²) in [6, 6.07) is 0. The van der Waals surface area contributed by atoms with Crippen molar-refractivity contribution in [3.05, 3.63) is 0 Å². The van der Waals surface area contributed by atoms with Crippen LogP contribution in [0.25, 0.3) is 0 Å². The lowest BCUT2D eigenvalue weighted by molar-refractivity contribution is -0.167. The van der Waals surface area contributed by atoms with Crippen LogP contribution in [-0.4, -0.2) is 37.2 Å². The summed E-state index contributed by atoms with van der Waals surface area (Å²) < 4.78 is 16.6. The molecule has 296 valence electrons. The van der Waals surface area contributed by atoms with Gasteiger partial charge in [0.25, 0.3) is 0 Å². The SMILES string of the molecule is CCCCCCCCCCCCCCCCC(=O)O[C@@H](COC(=O)CCCCCCCCC)COC(=O)CCCCCCCCCCCCC. The van der Waals surface area contributed by atoms with Crippen LogP contribution in [0.5, 0.6) is 0 Å². The number of hydrogen-bond acceptors (Lipinski definition) is 6. The first-order chi connectivity index (χ1) is 24.5. The van der Waals surface area contributed by atoms with E-state index in [0.29, 0.717) is 19.3 Å². The van der Waals surface area contributed by atoms with Crippen molar-refractivity contribution in [2.24, 2.45) is 0 Å². The van der Waals surface area contributed by atoms with E-state index >= 15 is 0 Å². The molecule has 0 bridgehead atoms. The summed E-state index contributed by atoms with van der Waals surface area (Å²) in [5.41, 5.74) is 0. The quantitative estimate of drug-likeness (QED) is 0.0358. The molecule has 0 aliphatic carbocycles. The van der Waals surface area contributed by atoms with Gasteiger partial charge in [-0.05, 0) is 19.3 Å². The van der Waals surface area contributed by atoms with Gasteiger partial charge in [-0.1, -0.05) is 207 Å². The van der Waals surface area contributed by atoms with E-state index in [2.05, 4.69) is 20.8 Å². The summed E-state index contributed by atoms with van der Waals surface area (Å²) in [7, 11) is 0. The van der Waals surface area contributed by atoms with Crippen molar-refractivity contribution >= 4 is 17.9 Å². The molecule has 0 rings (SSSR count).